The molecule has 0 aromatic rings. The molecule has 0 aromatic heterocycles. The van der Waals surface area contributed by atoms with Crippen LogP contribution in [0.5, 0.6) is 0 Å². The van der Waals surface area contributed by atoms with Crippen LogP contribution in [0.3, 0.4) is 0 Å². The van der Waals surface area contributed by atoms with Gasteiger partial charge in [0.2, 0.25) is 0 Å². The maximum Gasteiger partial charge on any atom is 2.00 e. The van der Waals surface area contributed by atoms with E-state index in [1.807, 2.05) is 0 Å². The Hall–Kier alpha value is 1.09. The number of nitrogens with zero attached hydrogens (tertiary/aromatic N) is 1. The molecule has 2 nitrogen and oxygen atoms in total. The van der Waals surface area contributed by atoms with E-state index >= 15 is 0 Å². The van der Waals surface area contributed by atoms with Gasteiger partial charge in [0, 0.05) is 0 Å². The molecule has 0 radical (unpaired) electrons. The van der Waals surface area contributed by atoms with Crippen molar-refractivity contribution < 1.29 is 59.1 Å². The van der Waals surface area contributed by atoms with Gasteiger partial charge in [0.25, 0.3) is 0 Å². The zero-order valence-corrected chi connectivity index (χ0v) is 11.4. The minimum atomic E-state index is 0. The first-order valence-electron chi connectivity index (χ1n) is 3.53. The van der Waals surface area contributed by atoms with Crippen LogP contribution in [0.1, 0.15) is 26.2 Å². The van der Waals surface area contributed by atoms with Crippen molar-refractivity contribution in [2.45, 2.75) is 37.8 Å². The van der Waals surface area contributed by atoms with E-state index in [9.17, 15) is 0 Å². The van der Waals surface area contributed by atoms with Gasteiger partial charge in [0.1, 0.15) is 5.60 Å². The van der Waals surface area contributed by atoms with Crippen molar-refractivity contribution in [3.05, 3.63) is 0 Å². The second-order valence-corrected chi connectivity index (χ2v) is 2.97. The van der Waals surface area contributed by atoms with E-state index in [0.29, 0.717) is 6.04 Å². The Kier molecular flexibility index (Phi) is 7.45. The second-order valence-electron chi connectivity index (χ2n) is 2.97. The summed E-state index contributed by atoms with van der Waals surface area (Å²) in [6.45, 7) is 2.13. The van der Waals surface area contributed by atoms with E-state index < -0.39 is 0 Å². The van der Waals surface area contributed by atoms with Crippen LogP contribution in [0.25, 0.3) is 0 Å². The molecule has 1 fully saturated rings. The molecule has 0 saturated heterocycles. The first kappa shape index (κ1) is 15.6. The van der Waals surface area contributed by atoms with Crippen molar-refractivity contribution in [1.29, 1.82) is 0 Å². The molecule has 0 bridgehead atoms. The number of rotatable bonds is 0. The van der Waals surface area contributed by atoms with Crippen molar-refractivity contribution in [2.24, 2.45) is 4.99 Å². The van der Waals surface area contributed by atoms with Crippen molar-refractivity contribution in [3.63, 3.8) is 0 Å². The van der Waals surface area contributed by atoms with Crippen LogP contribution in [0.4, 0.5) is 0 Å². The molecule has 5 heteroatoms. The summed E-state index contributed by atoms with van der Waals surface area (Å²) in [7, 11) is 0. The smallest absolute Gasteiger partial charge is 1.00 e. The molecular weight excluding hydrogens is 380 g/mol. The van der Waals surface area contributed by atoms with E-state index in [2.05, 4.69) is 11.9 Å². The summed E-state index contributed by atoms with van der Waals surface area (Å²) in [5.74, 6) is 0. The summed E-state index contributed by atoms with van der Waals surface area (Å²) in [5.41, 5.74) is 0.153. The van der Waals surface area contributed by atoms with E-state index in [1.165, 1.54) is 19.3 Å². The predicted octanol–water partition coefficient (Wildman–Crippen LogP) is -4.64. The molecule has 12 heavy (non-hydrogen) atoms. The van der Waals surface area contributed by atoms with Crippen molar-refractivity contribution in [2.75, 3.05) is 0 Å². The molecule has 0 aromatic carbocycles. The first-order chi connectivity index (χ1) is 4.33. The number of hydrogen-bond acceptors (Lipinski definition) is 2. The van der Waals surface area contributed by atoms with Crippen molar-refractivity contribution >= 4 is 6.40 Å². The monoisotopic (exact) mass is 389 g/mol. The van der Waals surface area contributed by atoms with Gasteiger partial charge in [0.15, 0.2) is 6.40 Å². The third-order valence-corrected chi connectivity index (χ3v) is 2.53. The minimum Gasteiger partial charge on any atom is -1.00 e. The van der Waals surface area contributed by atoms with Crippen LogP contribution in [-0.2, 0) is 25.2 Å². The van der Waals surface area contributed by atoms with Crippen molar-refractivity contribution in [3.8, 4) is 0 Å². The number of aliphatic imine (C=N–C) groups is 1. The summed E-state index contributed by atoms with van der Waals surface area (Å²) in [4.78, 5) is 4.16. The standard InChI is InChI=1S/C7H11NO.2BrH.Pd/c1-6-7(3-2-4-7)9-5-8-6;;;/h5-6H,2-4H2,1H3;2*1H;/q;;;+2/p-2/t6-;;;/m1.../s1. The van der Waals surface area contributed by atoms with Crippen LogP contribution in [0.2, 0.25) is 0 Å². The Morgan fingerprint density at radius 2 is 2.00 bits per heavy atom. The molecule has 0 N–H and O–H groups in total. The molecule has 2 aliphatic rings. The van der Waals surface area contributed by atoms with Gasteiger partial charge in [-0.05, 0) is 26.2 Å². The predicted molar refractivity (Wildman–Crippen MR) is 35.6 cm³/mol. The Bertz CT molecular complexity index is 161. The molecule has 1 spiro atoms. The Morgan fingerprint density at radius 3 is 2.17 bits per heavy atom. The van der Waals surface area contributed by atoms with Crippen LogP contribution in [0.15, 0.2) is 4.99 Å². The third kappa shape index (κ3) is 2.31. The summed E-state index contributed by atoms with van der Waals surface area (Å²) < 4.78 is 5.40. The van der Waals surface area contributed by atoms with Gasteiger partial charge >= 0.3 is 20.4 Å². The van der Waals surface area contributed by atoms with Crippen LogP contribution in [-0.4, -0.2) is 18.0 Å². The average molecular weight is 391 g/mol. The van der Waals surface area contributed by atoms with E-state index in [-0.39, 0.29) is 60.0 Å². The summed E-state index contributed by atoms with van der Waals surface area (Å²) in [6, 6.07) is 0.409. The van der Waals surface area contributed by atoms with Gasteiger partial charge in [-0.1, -0.05) is 0 Å². The quantitative estimate of drug-likeness (QED) is 0.381. The Morgan fingerprint density at radius 1 is 1.42 bits per heavy atom. The summed E-state index contributed by atoms with van der Waals surface area (Å²) in [5, 5.41) is 0. The Labute approximate surface area is 108 Å². The molecule has 74 valence electrons. The van der Waals surface area contributed by atoms with E-state index in [4.69, 9.17) is 4.74 Å². The van der Waals surface area contributed by atoms with Gasteiger partial charge in [0.05, 0.1) is 6.04 Å². The minimum absolute atomic E-state index is 0. The van der Waals surface area contributed by atoms with Crippen LogP contribution in [0, 0.1) is 0 Å². The summed E-state index contributed by atoms with van der Waals surface area (Å²) >= 11 is 0. The SMILES string of the molecule is C[C@H]1N=COC12CCC2.[Br-].[Br-].[Pd+2]. The van der Waals surface area contributed by atoms with Gasteiger partial charge in [-0.2, -0.15) is 0 Å². The second kappa shape index (κ2) is 5.75. The average Bonchev–Trinajstić information content (AvgIpc) is 2.07. The fourth-order valence-electron chi connectivity index (χ4n) is 1.52. The number of halogens is 2. The summed E-state index contributed by atoms with van der Waals surface area (Å²) in [6.07, 6.45) is 5.33. The zero-order valence-electron chi connectivity index (χ0n) is 6.70. The van der Waals surface area contributed by atoms with Crippen LogP contribution >= 0.6 is 0 Å². The fourth-order valence-corrected chi connectivity index (χ4v) is 1.52. The zero-order chi connectivity index (χ0) is 6.32. The molecular formula is C7H11Br2NOPd. The molecule has 1 aliphatic carbocycles. The topological polar surface area (TPSA) is 21.6 Å². The normalized spacial score (nSPS) is 27.2. The molecule has 0 unspecified atom stereocenters. The molecule has 1 heterocycles. The molecule has 1 atom stereocenters. The van der Waals surface area contributed by atoms with Crippen molar-refractivity contribution in [1.82, 2.24) is 0 Å². The van der Waals surface area contributed by atoms with Crippen LogP contribution < -0.4 is 34.0 Å². The molecule has 1 saturated carbocycles. The van der Waals surface area contributed by atoms with Gasteiger partial charge in [-0.15, -0.1) is 0 Å². The molecule has 1 aliphatic heterocycles. The van der Waals surface area contributed by atoms with E-state index in [0.717, 1.165) is 0 Å². The number of ether oxygens (including phenoxy) is 1. The van der Waals surface area contributed by atoms with E-state index in [1.54, 1.807) is 6.40 Å². The number of hydrogen-bond donors (Lipinski definition) is 0. The fraction of sp³-hybridized carbons (Fsp3) is 0.857. The maximum absolute atomic E-state index is 5.40. The third-order valence-electron chi connectivity index (χ3n) is 2.53. The van der Waals surface area contributed by atoms with Gasteiger partial charge in [-0.25, -0.2) is 0 Å². The first-order valence-corrected chi connectivity index (χ1v) is 3.53. The molecule has 2 rings (SSSR count). The largest absolute Gasteiger partial charge is 2.00 e. The van der Waals surface area contributed by atoms with Gasteiger partial charge < -0.3 is 38.7 Å². The maximum atomic E-state index is 5.40. The Balaban J connectivity index is 0. The molecule has 0 amide bonds. The van der Waals surface area contributed by atoms with Gasteiger partial charge in [-0.3, -0.25) is 4.99 Å².